The van der Waals surface area contributed by atoms with Crippen LogP contribution in [-0.2, 0) is 22.7 Å². The largest absolute Gasteiger partial charge is 0.480 e. The van der Waals surface area contributed by atoms with E-state index in [1.807, 2.05) is 21.1 Å². The lowest BCUT2D eigenvalue weighted by Crippen LogP contribution is -2.41. The van der Waals surface area contributed by atoms with Crippen LogP contribution in [-0.4, -0.2) is 43.8 Å². The summed E-state index contributed by atoms with van der Waals surface area (Å²) in [6.45, 7) is 2.60. The Kier molecular flexibility index (Phi) is 8.15. The molecule has 130 valence electrons. The van der Waals surface area contributed by atoms with Gasteiger partial charge in [0, 0.05) is 25.1 Å². The van der Waals surface area contributed by atoms with Crippen molar-refractivity contribution >= 4 is 25.6 Å². The number of benzene rings is 1. The minimum absolute atomic E-state index is 0.0794. The fourth-order valence-electron chi connectivity index (χ4n) is 2.35. The highest BCUT2D eigenvalue weighted by atomic mass is 16.4. The standard InChI is InChI=1S/C16H24BN3O4/c1-10(21)3-4-14(16(23)24)20-15(22)13-6-11(8-18-2)5-12(7-13)9-19-17/h5-7,14,18-19H,3-4,8-9,17H2,1-2H3,(H,20,22)(H,23,24). The molecule has 0 fully saturated rings. The molecule has 24 heavy (non-hydrogen) atoms. The number of nitrogens with one attached hydrogen (secondary N) is 3. The number of carbonyl (C=O) groups excluding carboxylic acids is 2. The van der Waals surface area contributed by atoms with Crippen molar-refractivity contribution in [1.82, 2.24) is 15.9 Å². The van der Waals surface area contributed by atoms with Crippen molar-refractivity contribution in [2.24, 2.45) is 0 Å². The zero-order valence-electron chi connectivity index (χ0n) is 14.3. The van der Waals surface area contributed by atoms with Crippen molar-refractivity contribution in [3.05, 3.63) is 34.9 Å². The SMILES string of the molecule is BNCc1cc(CNC)cc(C(=O)NC(CCC(C)=O)C(=O)O)c1. The smallest absolute Gasteiger partial charge is 0.326 e. The third-order valence-electron chi connectivity index (χ3n) is 3.47. The number of hydrogen-bond donors (Lipinski definition) is 4. The van der Waals surface area contributed by atoms with Gasteiger partial charge in [-0.05, 0) is 43.7 Å². The number of carboxylic acids is 1. The number of Topliss-reactive ketones (excluding diaryl/α,β-unsaturated/α-hetero) is 1. The molecule has 1 atom stereocenters. The molecule has 0 radical (unpaired) electrons. The molecule has 1 aromatic rings. The van der Waals surface area contributed by atoms with Gasteiger partial charge < -0.3 is 25.8 Å². The first-order valence-corrected chi connectivity index (χ1v) is 7.82. The molecule has 1 aromatic carbocycles. The molecule has 1 amide bonds. The third kappa shape index (κ3) is 6.51. The lowest BCUT2D eigenvalue weighted by atomic mass is 10.0. The van der Waals surface area contributed by atoms with Crippen LogP contribution in [0.25, 0.3) is 0 Å². The summed E-state index contributed by atoms with van der Waals surface area (Å²) < 4.78 is 0. The van der Waals surface area contributed by atoms with Gasteiger partial charge in [0.2, 0.25) is 0 Å². The average Bonchev–Trinajstić information content (AvgIpc) is 2.51. The highest BCUT2D eigenvalue weighted by Crippen LogP contribution is 2.12. The first kappa shape index (κ1) is 19.9. The van der Waals surface area contributed by atoms with E-state index in [4.69, 9.17) is 0 Å². The van der Waals surface area contributed by atoms with E-state index in [1.165, 1.54) is 6.92 Å². The summed E-state index contributed by atoms with van der Waals surface area (Å²) in [6, 6.07) is 4.36. The maximum absolute atomic E-state index is 12.4. The van der Waals surface area contributed by atoms with Gasteiger partial charge in [-0.25, -0.2) is 4.79 Å². The molecule has 0 saturated heterocycles. The first-order chi connectivity index (χ1) is 11.4. The molecule has 8 heteroatoms. The van der Waals surface area contributed by atoms with Crippen LogP contribution >= 0.6 is 0 Å². The highest BCUT2D eigenvalue weighted by molar-refractivity contribution is 6.04. The molecule has 1 unspecified atom stereocenters. The van der Waals surface area contributed by atoms with Crippen LogP contribution in [0.5, 0.6) is 0 Å². The molecule has 0 aromatic heterocycles. The monoisotopic (exact) mass is 333 g/mol. The van der Waals surface area contributed by atoms with Gasteiger partial charge in [0.15, 0.2) is 7.98 Å². The molecule has 0 saturated carbocycles. The van der Waals surface area contributed by atoms with E-state index >= 15 is 0 Å². The molecule has 0 aliphatic rings. The van der Waals surface area contributed by atoms with Crippen LogP contribution in [0.2, 0.25) is 0 Å². The van der Waals surface area contributed by atoms with Crippen LogP contribution in [0.1, 0.15) is 41.3 Å². The minimum atomic E-state index is -1.15. The van der Waals surface area contributed by atoms with Gasteiger partial charge in [0.25, 0.3) is 5.91 Å². The maximum atomic E-state index is 12.4. The van der Waals surface area contributed by atoms with Gasteiger partial charge >= 0.3 is 5.97 Å². The summed E-state index contributed by atoms with van der Waals surface area (Å²) >= 11 is 0. The normalized spacial score (nSPS) is 11.8. The minimum Gasteiger partial charge on any atom is -0.480 e. The van der Waals surface area contributed by atoms with Crippen LogP contribution < -0.4 is 15.9 Å². The van der Waals surface area contributed by atoms with Gasteiger partial charge in [-0.2, -0.15) is 0 Å². The van der Waals surface area contributed by atoms with E-state index in [2.05, 4.69) is 15.9 Å². The van der Waals surface area contributed by atoms with Gasteiger partial charge in [0.1, 0.15) is 11.8 Å². The van der Waals surface area contributed by atoms with Crippen molar-refractivity contribution in [2.75, 3.05) is 7.05 Å². The number of carboxylic acid groups (broad SMARTS) is 1. The average molecular weight is 333 g/mol. The summed E-state index contributed by atoms with van der Waals surface area (Å²) in [5.74, 6) is -1.71. The van der Waals surface area contributed by atoms with Crippen LogP contribution in [0, 0.1) is 0 Å². The molecule has 0 bridgehead atoms. The molecule has 1 rings (SSSR count). The quantitative estimate of drug-likeness (QED) is 0.434. The van der Waals surface area contributed by atoms with Crippen molar-refractivity contribution in [3.63, 3.8) is 0 Å². The van der Waals surface area contributed by atoms with Crippen molar-refractivity contribution in [3.8, 4) is 0 Å². The zero-order valence-corrected chi connectivity index (χ0v) is 14.3. The summed E-state index contributed by atoms with van der Waals surface area (Å²) in [5.41, 5.74) is 2.28. The lowest BCUT2D eigenvalue weighted by Gasteiger charge is -2.15. The number of rotatable bonds is 10. The number of amides is 1. The lowest BCUT2D eigenvalue weighted by molar-refractivity contribution is -0.139. The Labute approximate surface area is 142 Å². The number of hydrogen-bond acceptors (Lipinski definition) is 5. The predicted molar refractivity (Wildman–Crippen MR) is 93.4 cm³/mol. The van der Waals surface area contributed by atoms with E-state index in [0.717, 1.165) is 11.1 Å². The van der Waals surface area contributed by atoms with E-state index < -0.39 is 17.9 Å². The van der Waals surface area contributed by atoms with E-state index in [1.54, 1.807) is 12.1 Å². The Morgan fingerprint density at radius 3 is 2.29 bits per heavy atom. The molecule has 4 N–H and O–H groups in total. The fraction of sp³-hybridized carbons (Fsp3) is 0.438. The second-order valence-corrected chi connectivity index (χ2v) is 5.70. The summed E-state index contributed by atoms with van der Waals surface area (Å²) in [7, 11) is 3.62. The Bertz CT molecular complexity index is 583. The predicted octanol–water partition coefficient (Wildman–Crippen LogP) is -0.404. The number of ketones is 1. The number of carbonyl (C=O) groups is 3. The van der Waals surface area contributed by atoms with Crippen molar-refractivity contribution in [1.29, 1.82) is 0 Å². The van der Waals surface area contributed by atoms with Gasteiger partial charge in [-0.1, -0.05) is 6.07 Å². The van der Waals surface area contributed by atoms with Crippen LogP contribution in [0.15, 0.2) is 18.2 Å². The van der Waals surface area contributed by atoms with E-state index in [9.17, 15) is 19.5 Å². The highest BCUT2D eigenvalue weighted by Gasteiger charge is 2.21. The van der Waals surface area contributed by atoms with Crippen molar-refractivity contribution < 1.29 is 19.5 Å². The summed E-state index contributed by atoms with van der Waals surface area (Å²) in [4.78, 5) is 34.7. The first-order valence-electron chi connectivity index (χ1n) is 7.82. The Morgan fingerprint density at radius 2 is 1.79 bits per heavy atom. The third-order valence-corrected chi connectivity index (χ3v) is 3.47. The molecule has 7 nitrogen and oxygen atoms in total. The summed E-state index contributed by atoms with van der Waals surface area (Å²) in [6.07, 6.45) is 0.192. The zero-order chi connectivity index (χ0) is 18.1. The molecule has 0 aliphatic carbocycles. The van der Waals surface area contributed by atoms with Crippen LogP contribution in [0.4, 0.5) is 0 Å². The fourth-order valence-corrected chi connectivity index (χ4v) is 2.35. The Morgan fingerprint density at radius 1 is 1.17 bits per heavy atom. The molecule has 0 spiro atoms. The molecule has 0 aliphatic heterocycles. The number of aliphatic carboxylic acids is 1. The van der Waals surface area contributed by atoms with E-state index in [-0.39, 0.29) is 18.6 Å². The summed E-state index contributed by atoms with van der Waals surface area (Å²) in [5, 5.41) is 17.8. The van der Waals surface area contributed by atoms with Crippen LogP contribution in [0.3, 0.4) is 0 Å². The second-order valence-electron chi connectivity index (χ2n) is 5.70. The Hall–Kier alpha value is -2.19. The Balaban J connectivity index is 2.94. The van der Waals surface area contributed by atoms with E-state index in [0.29, 0.717) is 18.7 Å². The second kappa shape index (κ2) is 9.84. The van der Waals surface area contributed by atoms with Gasteiger partial charge in [-0.15, -0.1) is 0 Å². The maximum Gasteiger partial charge on any atom is 0.326 e. The molecule has 0 heterocycles. The van der Waals surface area contributed by atoms with Gasteiger partial charge in [-0.3, -0.25) is 4.79 Å². The molecular weight excluding hydrogens is 309 g/mol. The topological polar surface area (TPSA) is 108 Å². The molecular formula is C16H24BN3O4. The van der Waals surface area contributed by atoms with Crippen molar-refractivity contribution in [2.45, 2.75) is 38.9 Å². The van der Waals surface area contributed by atoms with Gasteiger partial charge in [0.05, 0.1) is 0 Å².